The van der Waals surface area contributed by atoms with Crippen LogP contribution in [0.15, 0.2) is 23.1 Å². The molecule has 7 heteroatoms. The fourth-order valence-electron chi connectivity index (χ4n) is 1.64. The van der Waals surface area contributed by atoms with Crippen molar-refractivity contribution >= 4 is 12.1 Å². The monoisotopic (exact) mass is 296 g/mol. The van der Waals surface area contributed by atoms with Crippen molar-refractivity contribution in [1.29, 1.82) is 0 Å². The summed E-state index contributed by atoms with van der Waals surface area (Å²) < 4.78 is 6.44. The van der Waals surface area contributed by atoms with E-state index < -0.39 is 23.2 Å². The molecule has 1 amide bonds. The Bertz CT molecular complexity index is 586. The van der Waals surface area contributed by atoms with Gasteiger partial charge in [0, 0.05) is 24.8 Å². The molecular formula is C14H20N2O5. The van der Waals surface area contributed by atoms with Gasteiger partial charge in [-0.1, -0.05) is 0 Å². The third-order valence-electron chi connectivity index (χ3n) is 2.48. The molecule has 21 heavy (non-hydrogen) atoms. The van der Waals surface area contributed by atoms with Gasteiger partial charge in [-0.15, -0.1) is 0 Å². The van der Waals surface area contributed by atoms with Gasteiger partial charge in [-0.25, -0.2) is 9.59 Å². The number of carbonyl (C=O) groups is 2. The lowest BCUT2D eigenvalue weighted by Gasteiger charge is -2.22. The third-order valence-corrected chi connectivity index (χ3v) is 2.48. The molecule has 0 radical (unpaired) electrons. The van der Waals surface area contributed by atoms with Gasteiger partial charge in [-0.05, 0) is 33.8 Å². The van der Waals surface area contributed by atoms with E-state index in [4.69, 9.17) is 9.84 Å². The lowest BCUT2D eigenvalue weighted by molar-refractivity contribution is 0.0503. The first-order valence-electron chi connectivity index (χ1n) is 6.52. The number of aromatic carboxylic acids is 1. The van der Waals surface area contributed by atoms with E-state index in [9.17, 15) is 14.4 Å². The molecule has 7 nitrogen and oxygen atoms in total. The lowest BCUT2D eigenvalue weighted by atomic mass is 10.2. The first kappa shape index (κ1) is 16.7. The Hall–Kier alpha value is -2.31. The summed E-state index contributed by atoms with van der Waals surface area (Å²) in [5.74, 6) is -1.15. The molecule has 0 aromatic carbocycles. The number of nitrogens with zero attached hydrogens (tertiary/aromatic N) is 1. The Labute approximate surface area is 122 Å². The maximum Gasteiger partial charge on any atom is 0.407 e. The minimum absolute atomic E-state index is 0.0657. The number of rotatable bonds is 4. The number of pyridine rings is 1. The van der Waals surface area contributed by atoms with Crippen molar-refractivity contribution in [2.24, 2.45) is 0 Å². The number of carboxylic acids is 1. The second-order valence-electron chi connectivity index (χ2n) is 5.76. The summed E-state index contributed by atoms with van der Waals surface area (Å²) in [6.45, 7) is 7.21. The zero-order chi connectivity index (χ0) is 16.2. The van der Waals surface area contributed by atoms with E-state index in [0.717, 1.165) is 6.07 Å². The van der Waals surface area contributed by atoms with Crippen molar-refractivity contribution < 1.29 is 19.4 Å². The number of aromatic nitrogens is 1. The van der Waals surface area contributed by atoms with Gasteiger partial charge in [-0.2, -0.15) is 0 Å². The third kappa shape index (κ3) is 5.68. The normalized spacial score (nSPS) is 12.6. The highest BCUT2D eigenvalue weighted by molar-refractivity contribution is 5.87. The number of carboxylic acid groups (broad SMARTS) is 1. The van der Waals surface area contributed by atoms with E-state index in [1.165, 1.54) is 16.8 Å². The smallest absolute Gasteiger partial charge is 0.407 e. The van der Waals surface area contributed by atoms with Gasteiger partial charge in [-0.3, -0.25) is 4.79 Å². The molecule has 0 saturated carbocycles. The molecule has 1 unspecified atom stereocenters. The minimum atomic E-state index is -1.15. The van der Waals surface area contributed by atoms with Crippen LogP contribution in [-0.2, 0) is 11.3 Å². The largest absolute Gasteiger partial charge is 0.478 e. The topological polar surface area (TPSA) is 97.6 Å². The molecule has 0 aliphatic rings. The molecule has 2 N–H and O–H groups in total. The summed E-state index contributed by atoms with van der Waals surface area (Å²) in [6.07, 6.45) is 0.823. The van der Waals surface area contributed by atoms with Crippen molar-refractivity contribution in [2.75, 3.05) is 0 Å². The summed E-state index contributed by atoms with van der Waals surface area (Å²) in [6, 6.07) is 2.04. The zero-order valence-corrected chi connectivity index (χ0v) is 12.5. The predicted octanol–water partition coefficient (Wildman–Crippen LogP) is 1.46. The summed E-state index contributed by atoms with van der Waals surface area (Å²) in [7, 11) is 0. The van der Waals surface area contributed by atoms with E-state index in [2.05, 4.69) is 5.32 Å². The molecule has 1 heterocycles. The van der Waals surface area contributed by atoms with Crippen molar-refractivity contribution in [3.8, 4) is 0 Å². The molecule has 0 saturated heterocycles. The number of carbonyl (C=O) groups excluding carboxylic acids is 1. The molecule has 1 aromatic heterocycles. The molecule has 0 bridgehead atoms. The maximum absolute atomic E-state index is 11.8. The summed E-state index contributed by atoms with van der Waals surface area (Å²) >= 11 is 0. The number of amides is 1. The van der Waals surface area contributed by atoms with E-state index in [0.29, 0.717) is 0 Å². The van der Waals surface area contributed by atoms with Gasteiger partial charge in [0.05, 0.1) is 5.56 Å². The summed E-state index contributed by atoms with van der Waals surface area (Å²) in [4.78, 5) is 34.1. The Balaban J connectivity index is 2.67. The molecule has 1 rings (SSSR count). The fourth-order valence-corrected chi connectivity index (χ4v) is 1.64. The van der Waals surface area contributed by atoms with E-state index in [1.807, 2.05) is 0 Å². The average molecular weight is 296 g/mol. The van der Waals surface area contributed by atoms with Gasteiger partial charge >= 0.3 is 12.1 Å². The van der Waals surface area contributed by atoms with E-state index in [1.54, 1.807) is 27.7 Å². The van der Waals surface area contributed by atoms with Crippen LogP contribution in [0.5, 0.6) is 0 Å². The van der Waals surface area contributed by atoms with Crippen LogP contribution in [0.25, 0.3) is 0 Å². The van der Waals surface area contributed by atoms with Crippen LogP contribution in [0.4, 0.5) is 4.79 Å². The van der Waals surface area contributed by atoms with Crippen LogP contribution in [0.2, 0.25) is 0 Å². The minimum Gasteiger partial charge on any atom is -0.478 e. The zero-order valence-electron chi connectivity index (χ0n) is 12.5. The SMILES string of the molecule is CC(Cn1ccc(C(=O)O)cc1=O)NC(=O)OC(C)(C)C. The van der Waals surface area contributed by atoms with Crippen LogP contribution in [0.3, 0.4) is 0 Å². The standard InChI is InChI=1S/C14H20N2O5/c1-9(15-13(20)21-14(2,3)4)8-16-6-5-10(12(18)19)7-11(16)17/h5-7,9H,8H2,1-4H3,(H,15,20)(H,18,19). The van der Waals surface area contributed by atoms with Crippen LogP contribution < -0.4 is 10.9 Å². The van der Waals surface area contributed by atoms with Gasteiger partial charge < -0.3 is 19.7 Å². The second-order valence-corrected chi connectivity index (χ2v) is 5.76. The highest BCUT2D eigenvalue weighted by Gasteiger charge is 2.18. The highest BCUT2D eigenvalue weighted by atomic mass is 16.6. The molecule has 1 aromatic rings. The highest BCUT2D eigenvalue weighted by Crippen LogP contribution is 2.06. The van der Waals surface area contributed by atoms with Crippen LogP contribution in [0.1, 0.15) is 38.1 Å². The van der Waals surface area contributed by atoms with Crippen LogP contribution in [0, 0.1) is 0 Å². The first-order chi connectivity index (χ1) is 9.58. The van der Waals surface area contributed by atoms with Crippen molar-refractivity contribution in [3.05, 3.63) is 34.2 Å². The predicted molar refractivity (Wildman–Crippen MR) is 76.5 cm³/mol. The number of ether oxygens (including phenoxy) is 1. The Morgan fingerprint density at radius 3 is 2.52 bits per heavy atom. The van der Waals surface area contributed by atoms with Gasteiger partial charge in [0.25, 0.3) is 5.56 Å². The summed E-state index contributed by atoms with van der Waals surface area (Å²) in [5, 5.41) is 11.4. The molecule has 0 aliphatic heterocycles. The average Bonchev–Trinajstić information content (AvgIpc) is 2.28. The maximum atomic E-state index is 11.8. The summed E-state index contributed by atoms with van der Waals surface area (Å²) in [5.41, 5.74) is -1.10. The van der Waals surface area contributed by atoms with Crippen molar-refractivity contribution in [1.82, 2.24) is 9.88 Å². The second kappa shape index (κ2) is 6.43. The van der Waals surface area contributed by atoms with Crippen LogP contribution in [-0.4, -0.2) is 33.4 Å². The molecule has 0 aliphatic carbocycles. The number of hydrogen-bond donors (Lipinski definition) is 2. The Morgan fingerprint density at radius 2 is 2.05 bits per heavy atom. The van der Waals surface area contributed by atoms with Crippen molar-refractivity contribution in [3.63, 3.8) is 0 Å². The first-order valence-corrected chi connectivity index (χ1v) is 6.52. The molecular weight excluding hydrogens is 276 g/mol. The molecule has 116 valence electrons. The van der Waals surface area contributed by atoms with Crippen molar-refractivity contribution in [2.45, 2.75) is 45.9 Å². The number of alkyl carbamates (subject to hydrolysis) is 1. The van der Waals surface area contributed by atoms with Gasteiger partial charge in [0.1, 0.15) is 5.60 Å². The molecule has 0 spiro atoms. The Kier molecular flexibility index (Phi) is 5.12. The Morgan fingerprint density at radius 1 is 1.43 bits per heavy atom. The quantitative estimate of drug-likeness (QED) is 0.876. The lowest BCUT2D eigenvalue weighted by Crippen LogP contribution is -2.41. The van der Waals surface area contributed by atoms with Gasteiger partial charge in [0.15, 0.2) is 0 Å². The van der Waals surface area contributed by atoms with E-state index in [-0.39, 0.29) is 18.2 Å². The fraction of sp³-hybridized carbons (Fsp3) is 0.500. The number of hydrogen-bond acceptors (Lipinski definition) is 4. The molecule has 1 atom stereocenters. The number of nitrogens with one attached hydrogen (secondary N) is 1. The van der Waals surface area contributed by atoms with Crippen LogP contribution >= 0.6 is 0 Å². The van der Waals surface area contributed by atoms with Gasteiger partial charge in [0.2, 0.25) is 0 Å². The molecule has 0 fully saturated rings. The van der Waals surface area contributed by atoms with E-state index >= 15 is 0 Å².